The number of benzene rings is 1. The van der Waals surface area contributed by atoms with Crippen LogP contribution < -0.4 is 0 Å². The second-order valence-electron chi connectivity index (χ2n) is 2.57. The third-order valence-corrected chi connectivity index (χ3v) is 1.95. The van der Waals surface area contributed by atoms with E-state index >= 15 is 0 Å². The van der Waals surface area contributed by atoms with E-state index in [0.717, 1.165) is 0 Å². The van der Waals surface area contributed by atoms with Crippen LogP contribution in [0.1, 0.15) is 11.1 Å². The topological polar surface area (TPSA) is 90.5 Å². The molecular weight excluding hydrogens is 205 g/mol. The molecule has 5 nitrogen and oxygen atoms in total. The highest BCUT2D eigenvalue weighted by Crippen LogP contribution is 2.36. The number of phosphoric acid groups is 1. The van der Waals surface area contributed by atoms with E-state index in [-0.39, 0.29) is 6.61 Å². The Morgan fingerprint density at radius 3 is 2.36 bits per heavy atom. The van der Waals surface area contributed by atoms with Gasteiger partial charge in [-0.2, -0.15) is 5.26 Å². The number of nitrogens with zero attached hydrogens (tertiary/aromatic N) is 1. The van der Waals surface area contributed by atoms with Crippen LogP contribution in [0.4, 0.5) is 0 Å². The van der Waals surface area contributed by atoms with Crippen LogP contribution in [0.5, 0.6) is 0 Å². The monoisotopic (exact) mass is 213 g/mol. The molecule has 1 aromatic carbocycles. The van der Waals surface area contributed by atoms with Crippen molar-refractivity contribution in [2.24, 2.45) is 0 Å². The first-order valence-electron chi connectivity index (χ1n) is 3.70. The highest BCUT2D eigenvalue weighted by molar-refractivity contribution is 7.46. The molecule has 2 N–H and O–H groups in total. The van der Waals surface area contributed by atoms with E-state index < -0.39 is 7.82 Å². The molecule has 6 heteroatoms. The summed E-state index contributed by atoms with van der Waals surface area (Å²) in [5, 5.41) is 8.48. The Kier molecular flexibility index (Phi) is 3.39. The van der Waals surface area contributed by atoms with Crippen LogP contribution in [0, 0.1) is 11.3 Å². The van der Waals surface area contributed by atoms with Gasteiger partial charge in [0.1, 0.15) is 0 Å². The predicted molar refractivity (Wildman–Crippen MR) is 48.0 cm³/mol. The molecule has 0 spiro atoms. The first-order chi connectivity index (χ1) is 6.51. The summed E-state index contributed by atoms with van der Waals surface area (Å²) in [4.78, 5) is 16.8. The van der Waals surface area contributed by atoms with Crippen LogP contribution in [-0.2, 0) is 15.7 Å². The molecule has 14 heavy (non-hydrogen) atoms. The zero-order chi connectivity index (χ0) is 10.6. The summed E-state index contributed by atoms with van der Waals surface area (Å²) in [6.45, 7) is -0.171. The van der Waals surface area contributed by atoms with Gasteiger partial charge in [0.05, 0.1) is 18.2 Å². The first-order valence-corrected chi connectivity index (χ1v) is 5.23. The van der Waals surface area contributed by atoms with E-state index in [0.29, 0.717) is 11.1 Å². The maximum Gasteiger partial charge on any atom is 0.469 e. The standard InChI is InChI=1S/C8H8NO4P/c9-5-7-1-3-8(4-2-7)6-13-14(10,11)12/h1-4H,6H2,(H2,10,11,12). The fourth-order valence-corrected chi connectivity index (χ4v) is 1.15. The highest BCUT2D eigenvalue weighted by atomic mass is 31.2. The molecule has 0 unspecified atom stereocenters. The average Bonchev–Trinajstić information content (AvgIpc) is 2.14. The molecule has 0 aliphatic heterocycles. The molecule has 1 rings (SSSR count). The van der Waals surface area contributed by atoms with Crippen molar-refractivity contribution in [1.29, 1.82) is 5.26 Å². The lowest BCUT2D eigenvalue weighted by molar-refractivity contribution is 0.189. The van der Waals surface area contributed by atoms with E-state index in [1.54, 1.807) is 24.3 Å². The highest BCUT2D eigenvalue weighted by Gasteiger charge is 2.13. The number of phosphoric ester groups is 1. The predicted octanol–water partition coefficient (Wildman–Crippen LogP) is 1.17. The average molecular weight is 213 g/mol. The smallest absolute Gasteiger partial charge is 0.303 e. The van der Waals surface area contributed by atoms with E-state index in [9.17, 15) is 4.57 Å². The van der Waals surface area contributed by atoms with Gasteiger partial charge in [-0.1, -0.05) is 12.1 Å². The molecule has 74 valence electrons. The van der Waals surface area contributed by atoms with Gasteiger partial charge in [-0.25, -0.2) is 4.57 Å². The lowest BCUT2D eigenvalue weighted by Gasteiger charge is -2.04. The third kappa shape index (κ3) is 3.69. The van der Waals surface area contributed by atoms with Crippen LogP contribution in [0.2, 0.25) is 0 Å². The Morgan fingerprint density at radius 1 is 1.36 bits per heavy atom. The Hall–Kier alpha value is -1.18. The number of rotatable bonds is 3. The SMILES string of the molecule is N#Cc1ccc(COP(=O)(O)O)cc1. The maximum absolute atomic E-state index is 10.3. The number of hydrogen-bond acceptors (Lipinski definition) is 3. The van der Waals surface area contributed by atoms with Gasteiger partial charge in [0.25, 0.3) is 0 Å². The second kappa shape index (κ2) is 4.36. The summed E-state index contributed by atoms with van der Waals surface area (Å²) in [7, 11) is -4.41. The van der Waals surface area contributed by atoms with Crippen molar-refractivity contribution in [1.82, 2.24) is 0 Å². The van der Waals surface area contributed by atoms with Crippen molar-refractivity contribution in [2.75, 3.05) is 0 Å². The molecule has 0 fully saturated rings. The summed E-state index contributed by atoms with van der Waals surface area (Å²) in [6.07, 6.45) is 0. The fraction of sp³-hybridized carbons (Fsp3) is 0.125. The molecule has 1 aromatic rings. The zero-order valence-electron chi connectivity index (χ0n) is 7.12. The van der Waals surface area contributed by atoms with Crippen LogP contribution in [0.3, 0.4) is 0 Å². The third-order valence-electron chi connectivity index (χ3n) is 1.48. The van der Waals surface area contributed by atoms with E-state index in [4.69, 9.17) is 15.0 Å². The molecule has 0 aliphatic carbocycles. The maximum atomic E-state index is 10.3. The van der Waals surface area contributed by atoms with Gasteiger partial charge in [0.15, 0.2) is 0 Å². The van der Waals surface area contributed by atoms with Gasteiger partial charge in [-0.05, 0) is 17.7 Å². The van der Waals surface area contributed by atoms with Crippen molar-refractivity contribution in [3.8, 4) is 6.07 Å². The summed E-state index contributed by atoms with van der Waals surface area (Å²) in [5.74, 6) is 0. The van der Waals surface area contributed by atoms with Crippen molar-refractivity contribution in [2.45, 2.75) is 6.61 Å². The van der Waals surface area contributed by atoms with Crippen LogP contribution >= 0.6 is 7.82 Å². The summed E-state index contributed by atoms with van der Waals surface area (Å²) in [5.41, 5.74) is 1.09. The lowest BCUT2D eigenvalue weighted by atomic mass is 10.2. The van der Waals surface area contributed by atoms with E-state index in [2.05, 4.69) is 4.52 Å². The molecule has 0 saturated carbocycles. The van der Waals surface area contributed by atoms with Crippen LogP contribution in [-0.4, -0.2) is 9.79 Å². The lowest BCUT2D eigenvalue weighted by Crippen LogP contribution is -1.90. The Bertz CT molecular complexity index is 389. The van der Waals surface area contributed by atoms with Gasteiger partial charge in [-0.15, -0.1) is 0 Å². The summed E-state index contributed by atoms with van der Waals surface area (Å²) >= 11 is 0. The van der Waals surface area contributed by atoms with Crippen LogP contribution in [0.25, 0.3) is 0 Å². The number of hydrogen-bond donors (Lipinski definition) is 2. The van der Waals surface area contributed by atoms with Gasteiger partial charge < -0.3 is 9.79 Å². The van der Waals surface area contributed by atoms with Gasteiger partial charge in [-0.3, -0.25) is 4.52 Å². The molecule has 0 saturated heterocycles. The normalized spacial score (nSPS) is 10.9. The van der Waals surface area contributed by atoms with Gasteiger partial charge in [0.2, 0.25) is 0 Å². The minimum absolute atomic E-state index is 0.171. The minimum Gasteiger partial charge on any atom is -0.303 e. The summed E-state index contributed by atoms with van der Waals surface area (Å²) < 4.78 is 14.6. The van der Waals surface area contributed by atoms with Crippen molar-refractivity contribution in [3.63, 3.8) is 0 Å². The molecule has 0 bridgehead atoms. The quantitative estimate of drug-likeness (QED) is 0.735. The van der Waals surface area contributed by atoms with E-state index in [1.807, 2.05) is 6.07 Å². The molecular formula is C8H8NO4P. The largest absolute Gasteiger partial charge is 0.469 e. The summed E-state index contributed by atoms with van der Waals surface area (Å²) in [6, 6.07) is 8.20. The molecule has 0 radical (unpaired) electrons. The minimum atomic E-state index is -4.41. The Labute approximate surface area is 80.8 Å². The fourth-order valence-electron chi connectivity index (χ4n) is 0.834. The van der Waals surface area contributed by atoms with E-state index in [1.165, 1.54) is 0 Å². The van der Waals surface area contributed by atoms with Crippen molar-refractivity contribution in [3.05, 3.63) is 35.4 Å². The molecule has 0 atom stereocenters. The molecule has 0 amide bonds. The first kappa shape index (κ1) is 10.9. The number of nitriles is 1. The Balaban J connectivity index is 2.62. The second-order valence-corrected chi connectivity index (χ2v) is 3.81. The molecule has 0 heterocycles. The Morgan fingerprint density at radius 2 is 1.93 bits per heavy atom. The van der Waals surface area contributed by atoms with Crippen molar-refractivity contribution >= 4 is 7.82 Å². The van der Waals surface area contributed by atoms with Crippen LogP contribution in [0.15, 0.2) is 24.3 Å². The van der Waals surface area contributed by atoms with Crippen molar-refractivity contribution < 1.29 is 18.9 Å². The van der Waals surface area contributed by atoms with Gasteiger partial charge >= 0.3 is 7.82 Å². The molecule has 0 aromatic heterocycles. The molecule has 0 aliphatic rings. The zero-order valence-corrected chi connectivity index (χ0v) is 8.02. The van der Waals surface area contributed by atoms with Gasteiger partial charge in [0, 0.05) is 0 Å².